The topological polar surface area (TPSA) is 50.6 Å². The van der Waals surface area contributed by atoms with Crippen molar-refractivity contribution in [3.63, 3.8) is 0 Å². The summed E-state index contributed by atoms with van der Waals surface area (Å²) in [4.78, 5) is 16.7. The van der Waals surface area contributed by atoms with Crippen molar-refractivity contribution in [3.05, 3.63) is 45.2 Å². The fourth-order valence-electron chi connectivity index (χ4n) is 3.43. The number of halogens is 5. The van der Waals surface area contributed by atoms with Gasteiger partial charge in [0.1, 0.15) is 10.9 Å². The minimum absolute atomic E-state index is 0.217. The number of carbonyl (C=O) groups is 1. The highest BCUT2D eigenvalue weighted by atomic mass is 35.5. The Morgan fingerprint density at radius 2 is 1.93 bits per heavy atom. The highest BCUT2D eigenvalue weighted by molar-refractivity contribution is 6.32. The van der Waals surface area contributed by atoms with Gasteiger partial charge in [-0.2, -0.15) is 5.10 Å². The third-order valence-corrected chi connectivity index (χ3v) is 5.70. The molecule has 1 fully saturated rings. The largest absolute Gasteiger partial charge is 0.573 e. The first kappa shape index (κ1) is 22.7. The summed E-state index contributed by atoms with van der Waals surface area (Å²) in [5.74, 6) is -0.820. The van der Waals surface area contributed by atoms with Crippen LogP contribution in [0.2, 0.25) is 10.2 Å². The summed E-state index contributed by atoms with van der Waals surface area (Å²) in [5, 5.41) is 4.65. The van der Waals surface area contributed by atoms with Crippen LogP contribution in [0, 0.1) is 6.92 Å². The number of hydrogen-bond acceptors (Lipinski definition) is 4. The number of benzene rings is 1. The minimum atomic E-state index is -4.85. The molecule has 11 heteroatoms. The molecule has 0 saturated carbocycles. The first-order chi connectivity index (χ1) is 14.0. The molecule has 1 aromatic carbocycles. The molecule has 1 amide bonds. The Kier molecular flexibility index (Phi) is 6.84. The Bertz CT molecular complexity index is 933. The van der Waals surface area contributed by atoms with Crippen molar-refractivity contribution in [3.8, 4) is 5.75 Å². The van der Waals surface area contributed by atoms with E-state index in [2.05, 4.69) is 14.7 Å². The lowest BCUT2D eigenvalue weighted by atomic mass is 10.2. The molecule has 1 aliphatic rings. The summed E-state index contributed by atoms with van der Waals surface area (Å²) in [6.07, 6.45) is -4.09. The van der Waals surface area contributed by atoms with Gasteiger partial charge in [-0.1, -0.05) is 23.2 Å². The molecule has 0 atom stereocenters. The zero-order valence-corrected chi connectivity index (χ0v) is 18.0. The highest BCUT2D eigenvalue weighted by Gasteiger charge is 2.32. The number of rotatable bonds is 4. The summed E-state index contributed by atoms with van der Waals surface area (Å²) in [6, 6.07) is 3.55. The second-order valence-electron chi connectivity index (χ2n) is 7.09. The van der Waals surface area contributed by atoms with Gasteiger partial charge in [0, 0.05) is 50.9 Å². The zero-order chi connectivity index (χ0) is 22.1. The average molecular weight is 465 g/mol. The van der Waals surface area contributed by atoms with Gasteiger partial charge in [-0.25, -0.2) is 0 Å². The monoisotopic (exact) mass is 464 g/mol. The van der Waals surface area contributed by atoms with Crippen LogP contribution in [0.5, 0.6) is 5.75 Å². The predicted molar refractivity (Wildman–Crippen MR) is 107 cm³/mol. The van der Waals surface area contributed by atoms with E-state index in [4.69, 9.17) is 23.2 Å². The Balaban J connectivity index is 1.65. The standard InChI is InChI=1S/C19H21Cl2F3N4O2/c1-12-14(17(21)26(2)25-12)11-27-6-3-7-28(9-8-27)18(29)13-4-5-16(15(20)10-13)30-19(22,23)24/h4-5,10H,3,6-9,11H2,1-2H3. The van der Waals surface area contributed by atoms with Gasteiger partial charge >= 0.3 is 6.36 Å². The molecule has 1 saturated heterocycles. The van der Waals surface area contributed by atoms with Crippen LogP contribution in [0.25, 0.3) is 0 Å². The number of nitrogens with zero attached hydrogens (tertiary/aromatic N) is 4. The van der Waals surface area contributed by atoms with Gasteiger partial charge in [-0.15, -0.1) is 13.2 Å². The quantitative estimate of drug-likeness (QED) is 0.677. The van der Waals surface area contributed by atoms with E-state index < -0.39 is 12.1 Å². The van der Waals surface area contributed by atoms with Crippen LogP contribution in [0.15, 0.2) is 18.2 Å². The van der Waals surface area contributed by atoms with Crippen molar-refractivity contribution in [2.24, 2.45) is 7.05 Å². The van der Waals surface area contributed by atoms with Gasteiger partial charge in [-0.3, -0.25) is 14.4 Å². The van der Waals surface area contributed by atoms with Gasteiger partial charge < -0.3 is 9.64 Å². The second-order valence-corrected chi connectivity index (χ2v) is 7.86. The Hall–Kier alpha value is -1.97. The van der Waals surface area contributed by atoms with Gasteiger partial charge in [-0.05, 0) is 31.5 Å². The molecule has 1 aromatic heterocycles. The van der Waals surface area contributed by atoms with Crippen LogP contribution in [0.1, 0.15) is 28.0 Å². The van der Waals surface area contributed by atoms with Crippen molar-refractivity contribution in [2.75, 3.05) is 26.2 Å². The van der Waals surface area contributed by atoms with Gasteiger partial charge in [0.2, 0.25) is 0 Å². The fraction of sp³-hybridized carbons (Fsp3) is 0.474. The molecular formula is C19H21Cl2F3N4O2. The number of aromatic nitrogens is 2. The minimum Gasteiger partial charge on any atom is -0.404 e. The number of aryl methyl sites for hydroxylation is 2. The van der Waals surface area contributed by atoms with Crippen molar-refractivity contribution in [2.45, 2.75) is 26.3 Å². The number of amides is 1. The van der Waals surface area contributed by atoms with Crippen LogP contribution in [-0.4, -0.2) is 58.0 Å². The lowest BCUT2D eigenvalue weighted by Crippen LogP contribution is -2.35. The molecule has 0 aliphatic carbocycles. The smallest absolute Gasteiger partial charge is 0.404 e. The van der Waals surface area contributed by atoms with E-state index in [1.54, 1.807) is 16.6 Å². The van der Waals surface area contributed by atoms with Crippen molar-refractivity contribution >= 4 is 29.1 Å². The molecule has 0 bridgehead atoms. The van der Waals surface area contributed by atoms with Crippen LogP contribution >= 0.6 is 23.2 Å². The lowest BCUT2D eigenvalue weighted by Gasteiger charge is -2.22. The zero-order valence-electron chi connectivity index (χ0n) is 16.5. The third-order valence-electron chi connectivity index (χ3n) is 4.93. The predicted octanol–water partition coefficient (Wildman–Crippen LogP) is 4.28. The summed E-state index contributed by atoms with van der Waals surface area (Å²) >= 11 is 12.2. The van der Waals surface area contributed by atoms with E-state index in [1.807, 2.05) is 6.92 Å². The highest BCUT2D eigenvalue weighted by Crippen LogP contribution is 2.31. The Morgan fingerprint density at radius 1 is 1.20 bits per heavy atom. The molecule has 0 unspecified atom stereocenters. The van der Waals surface area contributed by atoms with Gasteiger partial charge in [0.15, 0.2) is 0 Å². The molecule has 6 nitrogen and oxygen atoms in total. The molecule has 0 radical (unpaired) electrons. The molecule has 3 rings (SSSR count). The van der Waals surface area contributed by atoms with Gasteiger partial charge in [0.25, 0.3) is 5.91 Å². The number of hydrogen-bond donors (Lipinski definition) is 0. The molecular weight excluding hydrogens is 444 g/mol. The van der Waals surface area contributed by atoms with Crippen LogP contribution in [0.3, 0.4) is 0 Å². The summed E-state index contributed by atoms with van der Waals surface area (Å²) in [7, 11) is 1.79. The fourth-order valence-corrected chi connectivity index (χ4v) is 3.89. The maximum Gasteiger partial charge on any atom is 0.573 e. The molecule has 2 heterocycles. The van der Waals surface area contributed by atoms with Crippen LogP contribution < -0.4 is 4.74 Å². The number of alkyl halides is 3. The summed E-state index contributed by atoms with van der Waals surface area (Å²) in [6.45, 7) is 4.98. The van der Waals surface area contributed by atoms with E-state index in [1.165, 1.54) is 12.1 Å². The first-order valence-corrected chi connectivity index (χ1v) is 10.1. The number of ether oxygens (including phenoxy) is 1. The number of carbonyl (C=O) groups excluding carboxylic acids is 1. The van der Waals surface area contributed by atoms with E-state index in [9.17, 15) is 18.0 Å². The molecule has 164 valence electrons. The van der Waals surface area contributed by atoms with Crippen molar-refractivity contribution in [1.29, 1.82) is 0 Å². The summed E-state index contributed by atoms with van der Waals surface area (Å²) < 4.78 is 42.6. The Labute approximate surface area is 182 Å². The SMILES string of the molecule is Cc1nn(C)c(Cl)c1CN1CCCN(C(=O)c2ccc(OC(F)(F)F)c(Cl)c2)CC1. The van der Waals surface area contributed by atoms with Crippen LogP contribution in [-0.2, 0) is 13.6 Å². The third kappa shape index (κ3) is 5.39. The van der Waals surface area contributed by atoms with Crippen LogP contribution in [0.4, 0.5) is 13.2 Å². The molecule has 30 heavy (non-hydrogen) atoms. The van der Waals surface area contributed by atoms with E-state index in [0.717, 1.165) is 30.3 Å². The van der Waals surface area contributed by atoms with E-state index in [0.29, 0.717) is 31.3 Å². The maximum atomic E-state index is 12.8. The van der Waals surface area contributed by atoms with Crippen molar-refractivity contribution in [1.82, 2.24) is 19.6 Å². The van der Waals surface area contributed by atoms with E-state index in [-0.39, 0.29) is 16.5 Å². The Morgan fingerprint density at radius 3 is 2.53 bits per heavy atom. The molecule has 0 N–H and O–H groups in total. The molecule has 0 spiro atoms. The van der Waals surface area contributed by atoms with E-state index >= 15 is 0 Å². The first-order valence-electron chi connectivity index (χ1n) is 9.30. The lowest BCUT2D eigenvalue weighted by molar-refractivity contribution is -0.274. The van der Waals surface area contributed by atoms with Crippen molar-refractivity contribution < 1.29 is 22.7 Å². The molecule has 1 aliphatic heterocycles. The second kappa shape index (κ2) is 9.03. The maximum absolute atomic E-state index is 12.8. The normalized spacial score (nSPS) is 15.9. The molecule has 2 aromatic rings. The van der Waals surface area contributed by atoms with Gasteiger partial charge in [0.05, 0.1) is 10.7 Å². The summed E-state index contributed by atoms with van der Waals surface area (Å²) in [5.41, 5.74) is 2.05. The average Bonchev–Trinajstić information content (AvgIpc) is 2.83.